The lowest BCUT2D eigenvalue weighted by Gasteiger charge is -2.35. The van der Waals surface area contributed by atoms with Crippen LogP contribution in [0.2, 0.25) is 0 Å². The predicted molar refractivity (Wildman–Crippen MR) is 93.3 cm³/mol. The molecule has 0 spiro atoms. The molecule has 3 rings (SSSR count). The van der Waals surface area contributed by atoms with Crippen molar-refractivity contribution in [2.24, 2.45) is 0 Å². The van der Waals surface area contributed by atoms with Gasteiger partial charge in [-0.1, -0.05) is 31.4 Å². The molecule has 0 unspecified atom stereocenters. The average molecular weight is 327 g/mol. The number of nitrogens with two attached hydrogens (primary N) is 1. The fourth-order valence-corrected chi connectivity index (χ4v) is 3.36. The first-order valence-electron chi connectivity index (χ1n) is 8.18. The van der Waals surface area contributed by atoms with Gasteiger partial charge in [-0.2, -0.15) is 0 Å². The van der Waals surface area contributed by atoms with Crippen molar-refractivity contribution in [3.63, 3.8) is 0 Å². The van der Waals surface area contributed by atoms with Crippen LogP contribution in [0.1, 0.15) is 37.7 Å². The lowest BCUT2D eigenvalue weighted by molar-refractivity contribution is -0.383. The van der Waals surface area contributed by atoms with E-state index in [-0.39, 0.29) is 23.4 Å². The minimum atomic E-state index is -0.490. The highest BCUT2D eigenvalue weighted by molar-refractivity contribution is 5.75. The Kier molecular flexibility index (Phi) is 4.59. The zero-order valence-corrected chi connectivity index (χ0v) is 13.7. The summed E-state index contributed by atoms with van der Waals surface area (Å²) in [5.74, 6) is 0.184. The van der Waals surface area contributed by atoms with Gasteiger partial charge in [0.25, 0.3) is 0 Å². The predicted octanol–water partition coefficient (Wildman–Crippen LogP) is 3.75. The van der Waals surface area contributed by atoms with E-state index in [1.54, 1.807) is 0 Å². The number of aromatic nitrogens is 2. The monoisotopic (exact) mass is 327 g/mol. The maximum atomic E-state index is 11.5. The highest BCUT2D eigenvalue weighted by Gasteiger charge is 2.32. The van der Waals surface area contributed by atoms with Gasteiger partial charge in [0.2, 0.25) is 11.6 Å². The summed E-state index contributed by atoms with van der Waals surface area (Å²) in [5.41, 5.74) is 7.56. The Morgan fingerprint density at radius 2 is 2.00 bits per heavy atom. The molecule has 0 atom stereocenters. The molecule has 1 aliphatic carbocycles. The molecule has 24 heavy (non-hydrogen) atoms. The molecule has 0 saturated heterocycles. The fourth-order valence-electron chi connectivity index (χ4n) is 3.36. The van der Waals surface area contributed by atoms with Crippen LogP contribution in [0.5, 0.6) is 0 Å². The lowest BCUT2D eigenvalue weighted by Crippen LogP contribution is -2.34. The number of hydrogen-bond donors (Lipinski definition) is 1. The van der Waals surface area contributed by atoms with Crippen molar-refractivity contribution in [3.8, 4) is 0 Å². The average Bonchev–Trinajstić information content (AvgIpc) is 2.56. The van der Waals surface area contributed by atoms with Crippen molar-refractivity contribution in [1.29, 1.82) is 0 Å². The van der Waals surface area contributed by atoms with Gasteiger partial charge in [0.05, 0.1) is 4.92 Å². The highest BCUT2D eigenvalue weighted by atomic mass is 16.6. The number of hydrogen-bond acceptors (Lipinski definition) is 6. The highest BCUT2D eigenvalue weighted by Crippen LogP contribution is 2.39. The lowest BCUT2D eigenvalue weighted by atomic mass is 9.93. The van der Waals surface area contributed by atoms with Crippen LogP contribution >= 0.6 is 0 Å². The first kappa shape index (κ1) is 16.2. The fraction of sp³-hybridized carbons (Fsp3) is 0.412. The van der Waals surface area contributed by atoms with Crippen molar-refractivity contribution < 1.29 is 4.92 Å². The van der Waals surface area contributed by atoms with E-state index in [0.717, 1.165) is 36.9 Å². The molecule has 1 aliphatic rings. The first-order valence-corrected chi connectivity index (χ1v) is 8.18. The van der Waals surface area contributed by atoms with Gasteiger partial charge in [0, 0.05) is 11.7 Å². The minimum absolute atomic E-state index is 0.0986. The summed E-state index contributed by atoms with van der Waals surface area (Å²) in [6, 6.07) is 8.12. The van der Waals surface area contributed by atoms with Crippen LogP contribution < -0.4 is 10.6 Å². The zero-order chi connectivity index (χ0) is 17.1. The maximum Gasteiger partial charge on any atom is 0.353 e. The minimum Gasteiger partial charge on any atom is -0.378 e. The molecule has 0 aliphatic heterocycles. The molecule has 7 nitrogen and oxygen atoms in total. The van der Waals surface area contributed by atoms with Gasteiger partial charge in [0.1, 0.15) is 6.33 Å². The second-order valence-electron chi connectivity index (χ2n) is 6.19. The Morgan fingerprint density at radius 3 is 2.67 bits per heavy atom. The van der Waals surface area contributed by atoms with E-state index >= 15 is 0 Å². The Balaban J connectivity index is 2.15. The topological polar surface area (TPSA) is 98.2 Å². The van der Waals surface area contributed by atoms with Gasteiger partial charge in [-0.05, 0) is 37.5 Å². The van der Waals surface area contributed by atoms with Gasteiger partial charge >= 0.3 is 5.69 Å². The van der Waals surface area contributed by atoms with Crippen LogP contribution in [0.15, 0.2) is 30.6 Å². The molecule has 0 radical (unpaired) electrons. The molecule has 0 bridgehead atoms. The molecule has 2 aromatic rings. The number of nitrogens with zero attached hydrogens (tertiary/aromatic N) is 4. The van der Waals surface area contributed by atoms with Crippen LogP contribution in [-0.4, -0.2) is 20.9 Å². The smallest absolute Gasteiger partial charge is 0.353 e. The molecule has 1 aromatic carbocycles. The van der Waals surface area contributed by atoms with Crippen molar-refractivity contribution in [2.75, 3.05) is 10.6 Å². The largest absolute Gasteiger partial charge is 0.378 e. The van der Waals surface area contributed by atoms with Crippen molar-refractivity contribution in [1.82, 2.24) is 9.97 Å². The molecule has 2 N–H and O–H groups in total. The van der Waals surface area contributed by atoms with E-state index in [1.807, 2.05) is 36.1 Å². The van der Waals surface area contributed by atoms with Gasteiger partial charge in [-0.15, -0.1) is 0 Å². The van der Waals surface area contributed by atoms with Gasteiger partial charge in [-0.3, -0.25) is 10.1 Å². The summed E-state index contributed by atoms with van der Waals surface area (Å²) in [4.78, 5) is 21.1. The molecule has 7 heteroatoms. The van der Waals surface area contributed by atoms with Crippen LogP contribution in [0.3, 0.4) is 0 Å². The third-order valence-corrected chi connectivity index (χ3v) is 4.46. The normalized spacial score (nSPS) is 15.2. The second kappa shape index (κ2) is 6.82. The Morgan fingerprint density at radius 1 is 1.25 bits per heavy atom. The van der Waals surface area contributed by atoms with Crippen LogP contribution in [0, 0.1) is 17.0 Å². The van der Waals surface area contributed by atoms with E-state index in [2.05, 4.69) is 9.97 Å². The summed E-state index contributed by atoms with van der Waals surface area (Å²) >= 11 is 0. The third kappa shape index (κ3) is 3.15. The van der Waals surface area contributed by atoms with E-state index < -0.39 is 4.92 Å². The molecule has 126 valence electrons. The maximum absolute atomic E-state index is 11.5. The summed E-state index contributed by atoms with van der Waals surface area (Å²) in [5, 5.41) is 11.5. The van der Waals surface area contributed by atoms with Crippen molar-refractivity contribution in [2.45, 2.75) is 45.1 Å². The standard InChI is InChI=1S/C17H21N5O2/c1-12-6-5-9-14(10-12)21(13-7-3-2-4-8-13)17-15(22(23)24)16(18)19-11-20-17/h5-6,9-11,13H,2-4,7-8H2,1H3,(H2,18,19,20). The molecule has 1 aromatic heterocycles. The molecular weight excluding hydrogens is 306 g/mol. The summed E-state index contributed by atoms with van der Waals surface area (Å²) in [7, 11) is 0. The number of nitrogen functional groups attached to an aromatic ring is 1. The van der Waals surface area contributed by atoms with Crippen LogP contribution in [0.25, 0.3) is 0 Å². The van der Waals surface area contributed by atoms with E-state index in [1.165, 1.54) is 12.7 Å². The summed E-state index contributed by atoms with van der Waals surface area (Å²) in [6.07, 6.45) is 6.68. The molecule has 1 fully saturated rings. The number of rotatable bonds is 4. The van der Waals surface area contributed by atoms with Gasteiger partial charge in [0.15, 0.2) is 0 Å². The Hall–Kier alpha value is -2.70. The summed E-state index contributed by atoms with van der Waals surface area (Å²) < 4.78 is 0. The van der Waals surface area contributed by atoms with Crippen LogP contribution in [0.4, 0.5) is 23.0 Å². The number of aryl methyl sites for hydroxylation is 1. The molecule has 1 saturated carbocycles. The van der Waals surface area contributed by atoms with E-state index in [9.17, 15) is 10.1 Å². The van der Waals surface area contributed by atoms with Crippen molar-refractivity contribution in [3.05, 3.63) is 46.3 Å². The second-order valence-corrected chi connectivity index (χ2v) is 6.19. The Bertz CT molecular complexity index is 744. The van der Waals surface area contributed by atoms with Crippen molar-refractivity contribution >= 4 is 23.0 Å². The third-order valence-electron chi connectivity index (χ3n) is 4.46. The number of benzene rings is 1. The number of anilines is 3. The molecule has 0 amide bonds. The quantitative estimate of drug-likeness (QED) is 0.678. The Labute approximate surface area is 140 Å². The molecule has 1 heterocycles. The van der Waals surface area contributed by atoms with Crippen LogP contribution in [-0.2, 0) is 0 Å². The molecular formula is C17H21N5O2. The zero-order valence-electron chi connectivity index (χ0n) is 13.7. The van der Waals surface area contributed by atoms with E-state index in [4.69, 9.17) is 5.73 Å². The van der Waals surface area contributed by atoms with Gasteiger partial charge in [-0.25, -0.2) is 9.97 Å². The van der Waals surface area contributed by atoms with Gasteiger partial charge < -0.3 is 10.6 Å². The van der Waals surface area contributed by atoms with E-state index in [0.29, 0.717) is 0 Å². The summed E-state index contributed by atoms with van der Waals surface area (Å²) in [6.45, 7) is 2.01. The SMILES string of the molecule is Cc1cccc(N(c2ncnc(N)c2[N+](=O)[O-])C2CCCCC2)c1. The number of nitro groups is 1. The first-order chi connectivity index (χ1) is 11.6.